The fourth-order valence-electron chi connectivity index (χ4n) is 3.24. The number of carbonyl (C=O) groups is 2. The standard InChI is InChI=1S/C22H27N3O3S/c1-3-28-21(26)19-13-23-22(27)24-20(19)15-25(14-18-10-9-16(2)29-18)12-11-17-7-5-4-6-8-17/h4-10H,3,11-15H2,1-2H3,(H2,23,24,27). The second-order valence-corrected chi connectivity index (χ2v) is 8.32. The van der Waals surface area contributed by atoms with E-state index in [1.165, 1.54) is 15.3 Å². The van der Waals surface area contributed by atoms with Crippen LogP contribution in [-0.2, 0) is 22.5 Å². The van der Waals surface area contributed by atoms with E-state index in [1.54, 1.807) is 18.3 Å². The van der Waals surface area contributed by atoms with Crippen molar-refractivity contribution in [3.05, 3.63) is 69.1 Å². The van der Waals surface area contributed by atoms with Gasteiger partial charge in [0.1, 0.15) is 0 Å². The largest absolute Gasteiger partial charge is 0.463 e. The molecule has 6 nitrogen and oxygen atoms in total. The molecule has 0 aliphatic carbocycles. The molecular formula is C22H27N3O3S. The number of urea groups is 1. The Morgan fingerprint density at radius 1 is 1.17 bits per heavy atom. The molecule has 0 saturated carbocycles. The van der Waals surface area contributed by atoms with E-state index in [0.717, 1.165) is 19.5 Å². The quantitative estimate of drug-likeness (QED) is 0.619. The zero-order valence-corrected chi connectivity index (χ0v) is 17.7. The van der Waals surface area contributed by atoms with Crippen LogP contribution in [-0.4, -0.2) is 43.1 Å². The van der Waals surface area contributed by atoms with E-state index >= 15 is 0 Å². The Bertz CT molecular complexity index is 876. The topological polar surface area (TPSA) is 70.7 Å². The van der Waals surface area contributed by atoms with E-state index in [0.29, 0.717) is 24.4 Å². The van der Waals surface area contributed by atoms with Crippen molar-refractivity contribution >= 4 is 23.3 Å². The van der Waals surface area contributed by atoms with Crippen LogP contribution < -0.4 is 10.6 Å². The van der Waals surface area contributed by atoms with Crippen LogP contribution in [0.5, 0.6) is 0 Å². The van der Waals surface area contributed by atoms with Crippen molar-refractivity contribution in [1.29, 1.82) is 0 Å². The predicted molar refractivity (Wildman–Crippen MR) is 115 cm³/mol. The first-order valence-electron chi connectivity index (χ1n) is 9.80. The highest BCUT2D eigenvalue weighted by Gasteiger charge is 2.25. The zero-order valence-electron chi connectivity index (χ0n) is 16.9. The number of nitrogens with zero attached hydrogens (tertiary/aromatic N) is 1. The van der Waals surface area contributed by atoms with Gasteiger partial charge >= 0.3 is 12.0 Å². The lowest BCUT2D eigenvalue weighted by molar-refractivity contribution is -0.138. The highest BCUT2D eigenvalue weighted by atomic mass is 32.1. The van der Waals surface area contributed by atoms with Crippen molar-refractivity contribution in [2.24, 2.45) is 0 Å². The average molecular weight is 414 g/mol. The van der Waals surface area contributed by atoms with Crippen molar-refractivity contribution in [2.75, 3.05) is 26.2 Å². The van der Waals surface area contributed by atoms with E-state index in [1.807, 2.05) is 18.2 Å². The number of nitrogens with one attached hydrogen (secondary N) is 2. The number of carbonyl (C=O) groups excluding carboxylic acids is 2. The first-order chi connectivity index (χ1) is 14.0. The highest BCUT2D eigenvalue weighted by molar-refractivity contribution is 7.11. The molecule has 3 rings (SSSR count). The average Bonchev–Trinajstić information content (AvgIpc) is 3.12. The third kappa shape index (κ3) is 6.17. The van der Waals surface area contributed by atoms with Gasteiger partial charge in [-0.1, -0.05) is 30.3 Å². The van der Waals surface area contributed by atoms with Crippen LogP contribution in [0.25, 0.3) is 0 Å². The molecule has 7 heteroatoms. The van der Waals surface area contributed by atoms with Gasteiger partial charge in [0.15, 0.2) is 0 Å². The van der Waals surface area contributed by atoms with Crippen molar-refractivity contribution in [2.45, 2.75) is 26.8 Å². The summed E-state index contributed by atoms with van der Waals surface area (Å²) in [5.74, 6) is -0.384. The van der Waals surface area contributed by atoms with Gasteiger partial charge in [0.25, 0.3) is 0 Å². The molecular weight excluding hydrogens is 386 g/mol. The van der Waals surface area contributed by atoms with Crippen molar-refractivity contribution in [1.82, 2.24) is 15.5 Å². The number of aryl methyl sites for hydroxylation is 1. The minimum Gasteiger partial charge on any atom is -0.463 e. The number of rotatable bonds is 9. The van der Waals surface area contributed by atoms with E-state index in [-0.39, 0.29) is 18.5 Å². The van der Waals surface area contributed by atoms with Gasteiger partial charge in [-0.05, 0) is 38.0 Å². The lowest BCUT2D eigenvalue weighted by Gasteiger charge is -2.27. The number of hydrogen-bond acceptors (Lipinski definition) is 5. The smallest absolute Gasteiger partial charge is 0.337 e. The molecule has 1 aliphatic heterocycles. The van der Waals surface area contributed by atoms with E-state index < -0.39 is 0 Å². The van der Waals surface area contributed by atoms with Crippen LogP contribution in [0, 0.1) is 6.92 Å². The molecule has 2 N–H and O–H groups in total. The van der Waals surface area contributed by atoms with Crippen LogP contribution in [0.1, 0.15) is 22.2 Å². The van der Waals surface area contributed by atoms with Crippen LogP contribution in [0.2, 0.25) is 0 Å². The zero-order chi connectivity index (χ0) is 20.6. The number of thiophene rings is 1. The number of hydrogen-bond donors (Lipinski definition) is 2. The summed E-state index contributed by atoms with van der Waals surface area (Å²) in [7, 11) is 0. The highest BCUT2D eigenvalue weighted by Crippen LogP contribution is 2.19. The van der Waals surface area contributed by atoms with E-state index in [9.17, 15) is 9.59 Å². The Morgan fingerprint density at radius 2 is 1.97 bits per heavy atom. The third-order valence-corrected chi connectivity index (χ3v) is 5.68. The Labute approximate surface area is 175 Å². The summed E-state index contributed by atoms with van der Waals surface area (Å²) >= 11 is 1.77. The van der Waals surface area contributed by atoms with Crippen LogP contribution in [0.15, 0.2) is 53.7 Å². The third-order valence-electron chi connectivity index (χ3n) is 4.69. The molecule has 0 atom stereocenters. The van der Waals surface area contributed by atoms with Gasteiger partial charge in [-0.25, -0.2) is 9.59 Å². The van der Waals surface area contributed by atoms with Gasteiger partial charge in [-0.3, -0.25) is 4.90 Å². The maximum absolute atomic E-state index is 12.3. The molecule has 1 aliphatic rings. The lowest BCUT2D eigenvalue weighted by atomic mass is 10.1. The Hall–Kier alpha value is -2.64. The minimum atomic E-state index is -0.384. The number of esters is 1. The van der Waals surface area contributed by atoms with E-state index in [4.69, 9.17) is 4.74 Å². The summed E-state index contributed by atoms with van der Waals surface area (Å²) in [4.78, 5) is 29.0. The van der Waals surface area contributed by atoms with Crippen LogP contribution >= 0.6 is 11.3 Å². The second-order valence-electron chi connectivity index (χ2n) is 6.94. The summed E-state index contributed by atoms with van der Waals surface area (Å²) in [6, 6.07) is 14.3. The fourth-order valence-corrected chi connectivity index (χ4v) is 4.17. The van der Waals surface area contributed by atoms with Gasteiger partial charge in [0.05, 0.1) is 18.7 Å². The summed E-state index contributed by atoms with van der Waals surface area (Å²) in [6.07, 6.45) is 0.888. The molecule has 2 aromatic rings. The molecule has 154 valence electrons. The molecule has 0 radical (unpaired) electrons. The summed E-state index contributed by atoms with van der Waals surface area (Å²) in [5, 5.41) is 5.48. The second kappa shape index (κ2) is 10.2. The predicted octanol–water partition coefficient (Wildman–Crippen LogP) is 3.23. The van der Waals surface area contributed by atoms with Gasteiger partial charge < -0.3 is 15.4 Å². The molecule has 29 heavy (non-hydrogen) atoms. The van der Waals surface area contributed by atoms with Gasteiger partial charge in [-0.2, -0.15) is 0 Å². The first kappa shape index (κ1) is 21.1. The van der Waals surface area contributed by atoms with E-state index in [2.05, 4.69) is 46.7 Å². The van der Waals surface area contributed by atoms with Gasteiger partial charge in [-0.15, -0.1) is 11.3 Å². The number of ether oxygens (including phenoxy) is 1. The van der Waals surface area contributed by atoms with Gasteiger partial charge in [0, 0.05) is 35.1 Å². The Balaban J connectivity index is 1.79. The number of benzene rings is 1. The molecule has 0 fully saturated rings. The maximum atomic E-state index is 12.3. The normalized spacial score (nSPS) is 14.0. The van der Waals surface area contributed by atoms with Crippen molar-refractivity contribution in [3.8, 4) is 0 Å². The summed E-state index contributed by atoms with van der Waals surface area (Å²) in [5.41, 5.74) is 2.36. The summed E-state index contributed by atoms with van der Waals surface area (Å²) in [6.45, 7) is 6.40. The molecule has 0 saturated heterocycles. The molecule has 0 spiro atoms. The van der Waals surface area contributed by atoms with Crippen LogP contribution in [0.4, 0.5) is 4.79 Å². The molecule has 0 bridgehead atoms. The fraction of sp³-hybridized carbons (Fsp3) is 0.364. The van der Waals surface area contributed by atoms with Crippen LogP contribution in [0.3, 0.4) is 0 Å². The number of amides is 2. The maximum Gasteiger partial charge on any atom is 0.337 e. The Kier molecular flexibility index (Phi) is 7.43. The first-order valence-corrected chi connectivity index (χ1v) is 10.6. The molecule has 1 aromatic heterocycles. The Morgan fingerprint density at radius 3 is 2.66 bits per heavy atom. The van der Waals surface area contributed by atoms with Gasteiger partial charge in [0.2, 0.25) is 0 Å². The molecule has 1 aromatic carbocycles. The van der Waals surface area contributed by atoms with Crippen molar-refractivity contribution < 1.29 is 14.3 Å². The minimum absolute atomic E-state index is 0.185. The SMILES string of the molecule is CCOC(=O)C1=C(CN(CCc2ccccc2)Cc2ccc(C)s2)NC(=O)NC1. The molecule has 0 unspecified atom stereocenters. The summed E-state index contributed by atoms with van der Waals surface area (Å²) < 4.78 is 5.17. The van der Waals surface area contributed by atoms with Crippen molar-refractivity contribution in [3.63, 3.8) is 0 Å². The molecule has 2 amide bonds. The monoisotopic (exact) mass is 413 g/mol. The lowest BCUT2D eigenvalue weighted by Crippen LogP contribution is -2.47. The molecule has 2 heterocycles.